The van der Waals surface area contributed by atoms with Crippen molar-refractivity contribution in [2.24, 2.45) is 0 Å². The number of nitrogens with zero attached hydrogens (tertiary/aromatic N) is 2. The highest BCUT2D eigenvalue weighted by atomic mass is 35.5. The van der Waals surface area contributed by atoms with Gasteiger partial charge in [0.2, 0.25) is 5.89 Å². The molecule has 0 aliphatic rings. The molecule has 0 radical (unpaired) electrons. The number of nitrogen functional groups attached to an aromatic ring is 1. The summed E-state index contributed by atoms with van der Waals surface area (Å²) in [6, 6.07) is 8.90. The van der Waals surface area contributed by atoms with Gasteiger partial charge in [0.25, 0.3) is 0 Å². The van der Waals surface area contributed by atoms with Crippen LogP contribution in [-0.4, -0.2) is 9.97 Å². The maximum atomic E-state index is 5.95. The van der Waals surface area contributed by atoms with Gasteiger partial charge in [-0.2, -0.15) is 4.98 Å². The first-order valence-corrected chi connectivity index (χ1v) is 5.81. The molecule has 1 aromatic carbocycles. The maximum absolute atomic E-state index is 5.95. The van der Waals surface area contributed by atoms with Gasteiger partial charge < -0.3 is 10.2 Å². The number of oxazole rings is 1. The van der Waals surface area contributed by atoms with Crippen LogP contribution in [0.25, 0.3) is 22.7 Å². The van der Waals surface area contributed by atoms with E-state index in [1.54, 1.807) is 18.2 Å². The molecule has 0 aliphatic heterocycles. The molecule has 3 rings (SSSR count). The van der Waals surface area contributed by atoms with Gasteiger partial charge in [0.1, 0.15) is 0 Å². The van der Waals surface area contributed by atoms with Crippen molar-refractivity contribution in [1.82, 2.24) is 9.97 Å². The molecule has 2 heterocycles. The van der Waals surface area contributed by atoms with E-state index in [2.05, 4.69) is 9.97 Å². The van der Waals surface area contributed by atoms with Crippen molar-refractivity contribution in [1.29, 1.82) is 0 Å². The van der Waals surface area contributed by atoms with E-state index in [9.17, 15) is 0 Å². The minimum Gasteiger partial charge on any atom is -0.434 e. The number of hydrogen-bond donors (Lipinski definition) is 1. The van der Waals surface area contributed by atoms with Crippen molar-refractivity contribution in [3.63, 3.8) is 0 Å². The third-order valence-corrected chi connectivity index (χ3v) is 2.87. The molecule has 3 aromatic rings. The minimum atomic E-state index is 0.433. The number of aromatic nitrogens is 2. The van der Waals surface area contributed by atoms with Crippen LogP contribution in [0.4, 0.5) is 5.69 Å². The average molecular weight is 260 g/mol. The van der Waals surface area contributed by atoms with E-state index in [1.165, 1.54) is 0 Å². The summed E-state index contributed by atoms with van der Waals surface area (Å²) in [5, 5.41) is 0.589. The Morgan fingerprint density at radius 3 is 2.83 bits per heavy atom. The first-order valence-electron chi connectivity index (χ1n) is 5.43. The molecule has 0 atom stereocenters. The van der Waals surface area contributed by atoms with Crippen LogP contribution in [0.1, 0.15) is 5.69 Å². The fourth-order valence-electron chi connectivity index (χ4n) is 1.74. The number of halogens is 1. The molecule has 2 aromatic heterocycles. The zero-order valence-electron chi connectivity index (χ0n) is 9.64. The smallest absolute Gasteiger partial charge is 0.231 e. The van der Waals surface area contributed by atoms with Crippen molar-refractivity contribution in [3.8, 4) is 11.5 Å². The fourth-order valence-corrected chi connectivity index (χ4v) is 1.91. The Labute approximate surface area is 108 Å². The normalized spacial score (nSPS) is 11.0. The summed E-state index contributed by atoms with van der Waals surface area (Å²) < 4.78 is 5.63. The summed E-state index contributed by atoms with van der Waals surface area (Å²) in [5.41, 5.74) is 9.24. The number of benzene rings is 1. The second-order valence-electron chi connectivity index (χ2n) is 4.02. The molecule has 90 valence electrons. The van der Waals surface area contributed by atoms with Crippen LogP contribution in [-0.2, 0) is 0 Å². The Kier molecular flexibility index (Phi) is 2.45. The highest BCUT2D eigenvalue weighted by molar-refractivity contribution is 6.31. The lowest BCUT2D eigenvalue weighted by Gasteiger charge is -2.00. The number of fused-ring (bicyclic) bond motifs is 1. The van der Waals surface area contributed by atoms with E-state index in [1.807, 2.05) is 19.1 Å². The van der Waals surface area contributed by atoms with Gasteiger partial charge in [0, 0.05) is 16.4 Å². The molecule has 0 saturated carbocycles. The van der Waals surface area contributed by atoms with Crippen molar-refractivity contribution in [3.05, 3.63) is 41.0 Å². The van der Waals surface area contributed by atoms with E-state index in [-0.39, 0.29) is 0 Å². The summed E-state index contributed by atoms with van der Waals surface area (Å²) in [4.78, 5) is 8.62. The van der Waals surface area contributed by atoms with Crippen molar-refractivity contribution in [2.45, 2.75) is 6.92 Å². The quantitative estimate of drug-likeness (QED) is 0.680. The van der Waals surface area contributed by atoms with Crippen molar-refractivity contribution in [2.75, 3.05) is 5.73 Å². The Balaban J connectivity index is 2.22. The van der Waals surface area contributed by atoms with Crippen LogP contribution in [0.3, 0.4) is 0 Å². The topological polar surface area (TPSA) is 64.9 Å². The SMILES string of the molecule is Cc1ccc2oc(-c3cc(Cl)ccc3N)nc2n1. The molecule has 2 N–H and O–H groups in total. The Morgan fingerprint density at radius 1 is 1.17 bits per heavy atom. The standard InChI is InChI=1S/C13H10ClN3O/c1-7-2-5-11-12(16-7)17-13(18-11)9-6-8(14)3-4-10(9)15/h2-6H,15H2,1H3. The fraction of sp³-hybridized carbons (Fsp3) is 0.0769. The molecule has 0 saturated heterocycles. The third-order valence-electron chi connectivity index (χ3n) is 2.64. The van der Waals surface area contributed by atoms with Crippen molar-refractivity contribution < 1.29 is 4.42 Å². The minimum absolute atomic E-state index is 0.433. The van der Waals surface area contributed by atoms with Gasteiger partial charge in [-0.3, -0.25) is 0 Å². The Hall–Kier alpha value is -2.07. The van der Waals surface area contributed by atoms with Gasteiger partial charge in [-0.05, 0) is 37.3 Å². The lowest BCUT2D eigenvalue weighted by molar-refractivity contribution is 0.620. The first-order chi connectivity index (χ1) is 8.63. The number of rotatable bonds is 1. The van der Waals surface area contributed by atoms with Gasteiger partial charge in [0.15, 0.2) is 11.2 Å². The predicted molar refractivity (Wildman–Crippen MR) is 71.4 cm³/mol. The molecule has 0 aliphatic carbocycles. The Morgan fingerprint density at radius 2 is 2.00 bits per heavy atom. The van der Waals surface area contributed by atoms with E-state index < -0.39 is 0 Å². The summed E-state index contributed by atoms with van der Waals surface area (Å²) in [7, 11) is 0. The molecular weight excluding hydrogens is 250 g/mol. The summed E-state index contributed by atoms with van der Waals surface area (Å²) in [5.74, 6) is 0.433. The van der Waals surface area contributed by atoms with Crippen LogP contribution in [0.15, 0.2) is 34.7 Å². The molecule has 18 heavy (non-hydrogen) atoms. The monoisotopic (exact) mass is 259 g/mol. The highest BCUT2D eigenvalue weighted by Gasteiger charge is 2.12. The van der Waals surface area contributed by atoms with Gasteiger partial charge >= 0.3 is 0 Å². The lowest BCUT2D eigenvalue weighted by Crippen LogP contribution is -1.89. The zero-order chi connectivity index (χ0) is 12.7. The average Bonchev–Trinajstić information content (AvgIpc) is 2.74. The van der Waals surface area contributed by atoms with Gasteiger partial charge in [-0.25, -0.2) is 4.98 Å². The van der Waals surface area contributed by atoms with Crippen LogP contribution < -0.4 is 5.73 Å². The summed E-state index contributed by atoms with van der Waals surface area (Å²) >= 11 is 5.95. The summed E-state index contributed by atoms with van der Waals surface area (Å²) in [6.45, 7) is 1.90. The number of aryl methyl sites for hydroxylation is 1. The first kappa shape index (κ1) is 11.0. The van der Waals surface area contributed by atoms with E-state index in [0.717, 1.165) is 5.69 Å². The highest BCUT2D eigenvalue weighted by Crippen LogP contribution is 2.30. The third kappa shape index (κ3) is 1.80. The molecule has 0 fully saturated rings. The largest absolute Gasteiger partial charge is 0.434 e. The lowest BCUT2D eigenvalue weighted by atomic mass is 10.2. The van der Waals surface area contributed by atoms with Crippen LogP contribution >= 0.6 is 11.6 Å². The van der Waals surface area contributed by atoms with Crippen LogP contribution in [0, 0.1) is 6.92 Å². The number of nitrogens with two attached hydrogens (primary N) is 1. The molecule has 0 amide bonds. The van der Waals surface area contributed by atoms with Gasteiger partial charge in [-0.1, -0.05) is 11.6 Å². The number of anilines is 1. The molecule has 4 nitrogen and oxygen atoms in total. The maximum Gasteiger partial charge on any atom is 0.231 e. The molecule has 0 spiro atoms. The zero-order valence-corrected chi connectivity index (χ0v) is 10.4. The van der Waals surface area contributed by atoms with Gasteiger partial charge in [-0.15, -0.1) is 0 Å². The van der Waals surface area contributed by atoms with Crippen LogP contribution in [0.2, 0.25) is 5.02 Å². The molecule has 0 unspecified atom stereocenters. The van der Waals surface area contributed by atoms with E-state index in [0.29, 0.717) is 33.4 Å². The number of hydrogen-bond acceptors (Lipinski definition) is 4. The second-order valence-corrected chi connectivity index (χ2v) is 4.46. The van der Waals surface area contributed by atoms with E-state index in [4.69, 9.17) is 21.8 Å². The van der Waals surface area contributed by atoms with Crippen LogP contribution in [0.5, 0.6) is 0 Å². The summed E-state index contributed by atoms with van der Waals surface area (Å²) in [6.07, 6.45) is 0. The Bertz CT molecular complexity index is 736. The van der Waals surface area contributed by atoms with Crippen molar-refractivity contribution >= 4 is 28.5 Å². The molecule has 5 heteroatoms. The molecule has 0 bridgehead atoms. The molecular formula is C13H10ClN3O. The van der Waals surface area contributed by atoms with Gasteiger partial charge in [0.05, 0.1) is 5.56 Å². The van der Waals surface area contributed by atoms with E-state index >= 15 is 0 Å². The predicted octanol–water partition coefficient (Wildman–Crippen LogP) is 3.43. The number of pyridine rings is 1. The second kappa shape index (κ2) is 3.99.